The molecule has 1 saturated carbocycles. The van der Waals surface area contributed by atoms with Crippen molar-refractivity contribution < 1.29 is 22.3 Å². The van der Waals surface area contributed by atoms with Gasteiger partial charge >= 0.3 is 6.18 Å². The molecular formula is C30H31F4N5O2. The maximum atomic E-state index is 15.1. The molecule has 6 rings (SSSR count). The van der Waals surface area contributed by atoms with Crippen LogP contribution in [0.5, 0.6) is 0 Å². The summed E-state index contributed by atoms with van der Waals surface area (Å²) >= 11 is 0. The number of rotatable bonds is 4. The van der Waals surface area contributed by atoms with Crippen molar-refractivity contribution in [2.45, 2.75) is 77.6 Å². The first-order valence-electron chi connectivity index (χ1n) is 13.8. The number of fused-ring (bicyclic) bond motifs is 1. The molecule has 0 spiro atoms. The highest BCUT2D eigenvalue weighted by molar-refractivity contribution is 5.87. The van der Waals surface area contributed by atoms with E-state index in [1.54, 1.807) is 30.5 Å². The molecule has 1 aliphatic carbocycles. The van der Waals surface area contributed by atoms with Crippen LogP contribution in [-0.2, 0) is 10.9 Å². The molecule has 1 saturated heterocycles. The van der Waals surface area contributed by atoms with E-state index in [-0.39, 0.29) is 46.0 Å². The van der Waals surface area contributed by atoms with Crippen LogP contribution >= 0.6 is 0 Å². The van der Waals surface area contributed by atoms with Gasteiger partial charge in [-0.2, -0.15) is 13.2 Å². The first kappa shape index (κ1) is 28.8. The van der Waals surface area contributed by atoms with Gasteiger partial charge in [0, 0.05) is 36.4 Å². The Bertz CT molecular complexity index is 1650. The van der Waals surface area contributed by atoms with E-state index in [0.29, 0.717) is 42.7 Å². The van der Waals surface area contributed by atoms with Gasteiger partial charge in [-0.05, 0) is 69.4 Å². The summed E-state index contributed by atoms with van der Waals surface area (Å²) in [4.78, 5) is 30.7. The van der Waals surface area contributed by atoms with Gasteiger partial charge in [-0.1, -0.05) is 13.8 Å². The van der Waals surface area contributed by atoms with Crippen LogP contribution in [0.1, 0.15) is 85.9 Å². The summed E-state index contributed by atoms with van der Waals surface area (Å²) in [7, 11) is 0. The highest BCUT2D eigenvalue weighted by Crippen LogP contribution is 2.40. The number of aromatic nitrogens is 5. The Balaban J connectivity index is 0.00000165. The van der Waals surface area contributed by atoms with Crippen LogP contribution < -0.4 is 5.56 Å². The van der Waals surface area contributed by atoms with Crippen molar-refractivity contribution in [3.63, 3.8) is 0 Å². The molecule has 1 aromatic carbocycles. The number of aryl methyl sites for hydroxylation is 2. The van der Waals surface area contributed by atoms with Gasteiger partial charge in [0.2, 0.25) is 0 Å². The number of alkyl halides is 3. The molecule has 11 heteroatoms. The van der Waals surface area contributed by atoms with Crippen LogP contribution in [0.2, 0.25) is 0 Å². The quantitative estimate of drug-likeness (QED) is 0.246. The average Bonchev–Trinajstić information content (AvgIpc) is 3.80. The molecule has 0 amide bonds. The number of halogens is 4. The number of ether oxygens (including phenoxy) is 1. The number of nitrogens with zero attached hydrogens (tertiary/aromatic N) is 5. The van der Waals surface area contributed by atoms with Crippen LogP contribution in [0, 0.1) is 19.7 Å². The maximum absolute atomic E-state index is 15.1. The molecule has 4 aromatic rings. The standard InChI is InChI=1S/C28H25F4N5O2.C2H6/c1-14-15(2)34-27-25(33-14)24(20-7-4-18(12-21(20)29)28(30,31)32)35-26(36-27)16-9-10-39-22(11-16)17-3-8-23(38)37(13-17)19-5-6-19;1-2/h3-4,7-8,12-13,16,19,22H,5-6,9-11H2,1-2H3;1-2H3. The van der Waals surface area contributed by atoms with Gasteiger partial charge < -0.3 is 9.30 Å². The Morgan fingerprint density at radius 1 is 0.951 bits per heavy atom. The van der Waals surface area contributed by atoms with Crippen molar-refractivity contribution in [1.82, 2.24) is 24.5 Å². The Labute approximate surface area is 234 Å². The molecule has 216 valence electrons. The third kappa shape index (κ3) is 5.86. The fourth-order valence-corrected chi connectivity index (χ4v) is 5.00. The lowest BCUT2D eigenvalue weighted by atomic mass is 9.91. The summed E-state index contributed by atoms with van der Waals surface area (Å²) in [6.07, 6.45) is -0.0541. The first-order chi connectivity index (χ1) is 19.6. The van der Waals surface area contributed by atoms with E-state index >= 15 is 4.39 Å². The Kier molecular flexibility index (Phi) is 7.91. The van der Waals surface area contributed by atoms with Crippen molar-refractivity contribution in [2.75, 3.05) is 6.61 Å². The molecule has 4 heterocycles. The summed E-state index contributed by atoms with van der Waals surface area (Å²) in [5.74, 6) is -0.838. The van der Waals surface area contributed by atoms with Crippen molar-refractivity contribution >= 4 is 11.2 Å². The average molecular weight is 570 g/mol. The predicted octanol–water partition coefficient (Wildman–Crippen LogP) is 7.02. The van der Waals surface area contributed by atoms with Gasteiger partial charge in [0.1, 0.15) is 22.9 Å². The smallest absolute Gasteiger partial charge is 0.373 e. The van der Waals surface area contributed by atoms with E-state index in [1.165, 1.54) is 0 Å². The largest absolute Gasteiger partial charge is 0.416 e. The summed E-state index contributed by atoms with van der Waals surface area (Å²) in [6.45, 7) is 7.94. The molecule has 3 aromatic heterocycles. The van der Waals surface area contributed by atoms with Crippen molar-refractivity contribution in [1.29, 1.82) is 0 Å². The summed E-state index contributed by atoms with van der Waals surface area (Å²) in [5, 5.41) is 0. The first-order valence-corrected chi connectivity index (χ1v) is 13.8. The van der Waals surface area contributed by atoms with E-state index in [1.807, 2.05) is 20.0 Å². The zero-order chi connectivity index (χ0) is 29.5. The highest BCUT2D eigenvalue weighted by atomic mass is 19.4. The van der Waals surface area contributed by atoms with Crippen LogP contribution in [0.4, 0.5) is 17.6 Å². The van der Waals surface area contributed by atoms with E-state index in [9.17, 15) is 18.0 Å². The van der Waals surface area contributed by atoms with E-state index in [0.717, 1.165) is 30.5 Å². The minimum atomic E-state index is -4.68. The molecule has 41 heavy (non-hydrogen) atoms. The van der Waals surface area contributed by atoms with Crippen LogP contribution in [0.3, 0.4) is 0 Å². The Hall–Kier alpha value is -3.73. The monoisotopic (exact) mass is 569 g/mol. The minimum Gasteiger partial charge on any atom is -0.373 e. The minimum absolute atomic E-state index is 0.0427. The third-order valence-electron chi connectivity index (χ3n) is 7.43. The van der Waals surface area contributed by atoms with Crippen LogP contribution in [0.15, 0.2) is 41.3 Å². The van der Waals surface area contributed by atoms with Gasteiger partial charge in [0.15, 0.2) is 5.65 Å². The highest BCUT2D eigenvalue weighted by Gasteiger charge is 2.33. The zero-order valence-corrected chi connectivity index (χ0v) is 23.3. The molecular weight excluding hydrogens is 538 g/mol. The second kappa shape index (κ2) is 11.3. The third-order valence-corrected chi connectivity index (χ3v) is 7.43. The normalized spacial score (nSPS) is 19.1. The van der Waals surface area contributed by atoms with Crippen molar-refractivity contribution in [2.24, 2.45) is 0 Å². The fourth-order valence-electron chi connectivity index (χ4n) is 5.00. The van der Waals surface area contributed by atoms with Gasteiger partial charge in [-0.15, -0.1) is 0 Å². The maximum Gasteiger partial charge on any atom is 0.416 e. The molecule has 0 bridgehead atoms. The molecule has 2 atom stereocenters. The van der Waals surface area contributed by atoms with Crippen molar-refractivity contribution in [3.05, 3.63) is 81.0 Å². The van der Waals surface area contributed by atoms with E-state index < -0.39 is 17.6 Å². The molecule has 1 aliphatic heterocycles. The molecule has 2 fully saturated rings. The lowest BCUT2D eigenvalue weighted by Crippen LogP contribution is -2.23. The Morgan fingerprint density at radius 3 is 2.37 bits per heavy atom. The number of benzene rings is 1. The van der Waals surface area contributed by atoms with E-state index in [2.05, 4.69) is 19.9 Å². The molecule has 0 N–H and O–H groups in total. The molecule has 2 unspecified atom stereocenters. The molecule has 2 aliphatic rings. The van der Waals surface area contributed by atoms with Crippen LogP contribution in [0.25, 0.3) is 22.4 Å². The molecule has 0 radical (unpaired) electrons. The second-order valence-corrected chi connectivity index (χ2v) is 10.2. The fraction of sp³-hybridized carbons (Fsp3) is 0.433. The number of hydrogen-bond acceptors (Lipinski definition) is 6. The zero-order valence-electron chi connectivity index (χ0n) is 23.3. The summed E-state index contributed by atoms with van der Waals surface area (Å²) in [5.41, 5.74) is 1.45. The molecule has 7 nitrogen and oxygen atoms in total. The lowest BCUT2D eigenvalue weighted by Gasteiger charge is -2.29. The summed E-state index contributed by atoms with van der Waals surface area (Å²) < 4.78 is 62.5. The summed E-state index contributed by atoms with van der Waals surface area (Å²) in [6, 6.07) is 5.94. The van der Waals surface area contributed by atoms with E-state index in [4.69, 9.17) is 4.74 Å². The van der Waals surface area contributed by atoms with Gasteiger partial charge in [0.05, 0.1) is 23.1 Å². The SMILES string of the molecule is CC.Cc1nc2nc(C3CCOC(c4ccc(=O)n(C5CC5)c4)C3)nc(-c3ccc(C(F)(F)F)cc3F)c2nc1C. The number of hydrogen-bond donors (Lipinski definition) is 0. The van der Waals surface area contributed by atoms with Gasteiger partial charge in [-0.3, -0.25) is 4.79 Å². The van der Waals surface area contributed by atoms with Crippen molar-refractivity contribution in [3.8, 4) is 11.3 Å². The van der Waals surface area contributed by atoms with Crippen LogP contribution in [-0.4, -0.2) is 31.1 Å². The van der Waals surface area contributed by atoms with Gasteiger partial charge in [-0.25, -0.2) is 24.3 Å². The Morgan fingerprint density at radius 2 is 1.68 bits per heavy atom. The predicted molar refractivity (Wildman–Crippen MR) is 146 cm³/mol. The number of pyridine rings is 1. The lowest BCUT2D eigenvalue weighted by molar-refractivity contribution is -0.137. The second-order valence-electron chi connectivity index (χ2n) is 10.2. The van der Waals surface area contributed by atoms with Gasteiger partial charge in [0.25, 0.3) is 5.56 Å². The topological polar surface area (TPSA) is 82.8 Å².